The number of amides is 3. The van der Waals surface area contributed by atoms with E-state index in [1.54, 1.807) is 11.1 Å². The Morgan fingerprint density at radius 3 is 2.89 bits per heavy atom. The molecule has 3 amide bonds. The molecule has 0 spiro atoms. The van der Waals surface area contributed by atoms with Gasteiger partial charge in [0.25, 0.3) is 0 Å². The van der Waals surface area contributed by atoms with Crippen LogP contribution in [0.15, 0.2) is 6.20 Å². The van der Waals surface area contributed by atoms with Crippen LogP contribution in [-0.4, -0.2) is 32.9 Å². The molecule has 19 heavy (non-hydrogen) atoms. The number of rotatable bonds is 3. The number of aromatic nitrogens is 2. The molecule has 3 rings (SSSR count). The van der Waals surface area contributed by atoms with Crippen molar-refractivity contribution in [2.24, 2.45) is 11.7 Å². The van der Waals surface area contributed by atoms with E-state index in [4.69, 9.17) is 5.73 Å². The van der Waals surface area contributed by atoms with E-state index in [9.17, 15) is 9.59 Å². The number of urea groups is 1. The Morgan fingerprint density at radius 1 is 1.42 bits per heavy atom. The van der Waals surface area contributed by atoms with Gasteiger partial charge in [0.05, 0.1) is 25.0 Å². The largest absolute Gasteiger partial charge is 0.351 e. The van der Waals surface area contributed by atoms with Gasteiger partial charge in [-0.3, -0.25) is 4.79 Å². The monoisotopic (exact) mass is 263 g/mol. The van der Waals surface area contributed by atoms with E-state index in [1.165, 1.54) is 0 Å². The van der Waals surface area contributed by atoms with E-state index in [0.717, 1.165) is 24.4 Å². The number of nitrogens with zero attached hydrogens (tertiary/aromatic N) is 3. The lowest BCUT2D eigenvalue weighted by atomic mass is 10.3. The van der Waals surface area contributed by atoms with E-state index in [2.05, 4.69) is 10.3 Å². The summed E-state index contributed by atoms with van der Waals surface area (Å²) in [7, 11) is 0. The molecule has 0 bridgehead atoms. The summed E-state index contributed by atoms with van der Waals surface area (Å²) in [6.07, 6.45) is 3.76. The Morgan fingerprint density at radius 2 is 2.21 bits per heavy atom. The third-order valence-electron chi connectivity index (χ3n) is 3.65. The van der Waals surface area contributed by atoms with Crippen LogP contribution in [0.4, 0.5) is 4.79 Å². The van der Waals surface area contributed by atoms with Crippen LogP contribution >= 0.6 is 0 Å². The summed E-state index contributed by atoms with van der Waals surface area (Å²) in [5.74, 6) is 1.17. The Hall–Kier alpha value is -2.05. The Bertz CT molecular complexity index is 520. The third-order valence-corrected chi connectivity index (χ3v) is 3.65. The zero-order chi connectivity index (χ0) is 13.4. The molecule has 2 aliphatic rings. The van der Waals surface area contributed by atoms with Crippen molar-refractivity contribution in [2.45, 2.75) is 32.5 Å². The summed E-state index contributed by atoms with van der Waals surface area (Å²) >= 11 is 0. The smallest absolute Gasteiger partial charge is 0.315 e. The molecule has 0 radical (unpaired) electrons. The first kappa shape index (κ1) is 12.0. The van der Waals surface area contributed by atoms with E-state index < -0.39 is 6.03 Å². The Kier molecular flexibility index (Phi) is 2.88. The molecule has 7 heteroatoms. The predicted molar refractivity (Wildman–Crippen MR) is 66.8 cm³/mol. The van der Waals surface area contributed by atoms with E-state index in [1.807, 2.05) is 4.57 Å². The van der Waals surface area contributed by atoms with Crippen LogP contribution in [0.2, 0.25) is 0 Å². The first-order valence-electron chi connectivity index (χ1n) is 6.50. The number of fused-ring (bicyclic) bond motifs is 1. The van der Waals surface area contributed by atoms with Crippen molar-refractivity contribution in [1.82, 2.24) is 19.8 Å². The molecule has 1 aliphatic heterocycles. The second-order valence-corrected chi connectivity index (χ2v) is 5.07. The Balaban J connectivity index is 1.65. The van der Waals surface area contributed by atoms with Crippen molar-refractivity contribution in [3.05, 3.63) is 17.7 Å². The SMILES string of the molecule is NC(=O)N1CCn2c(CNC(=O)C3CC3)cnc2C1. The number of carbonyl (C=O) groups excluding carboxylic acids is 2. The van der Waals surface area contributed by atoms with Crippen LogP contribution in [-0.2, 0) is 24.4 Å². The number of hydrogen-bond donors (Lipinski definition) is 2. The van der Waals surface area contributed by atoms with Gasteiger partial charge < -0.3 is 20.5 Å². The lowest BCUT2D eigenvalue weighted by Crippen LogP contribution is -2.42. The fraction of sp³-hybridized carbons (Fsp3) is 0.583. The highest BCUT2D eigenvalue weighted by molar-refractivity contribution is 5.80. The minimum absolute atomic E-state index is 0.130. The molecule has 1 aromatic heterocycles. The quantitative estimate of drug-likeness (QED) is 0.791. The Labute approximate surface area is 110 Å². The average Bonchev–Trinajstić information content (AvgIpc) is 3.17. The summed E-state index contributed by atoms with van der Waals surface area (Å²) in [4.78, 5) is 28.6. The van der Waals surface area contributed by atoms with E-state index >= 15 is 0 Å². The average molecular weight is 263 g/mol. The van der Waals surface area contributed by atoms with Gasteiger partial charge in [0.2, 0.25) is 5.91 Å². The minimum Gasteiger partial charge on any atom is -0.351 e. The zero-order valence-electron chi connectivity index (χ0n) is 10.6. The minimum atomic E-state index is -0.419. The van der Waals surface area contributed by atoms with Gasteiger partial charge in [-0.25, -0.2) is 9.78 Å². The van der Waals surface area contributed by atoms with E-state index in [0.29, 0.717) is 26.2 Å². The van der Waals surface area contributed by atoms with Gasteiger partial charge in [0.1, 0.15) is 5.82 Å². The summed E-state index contributed by atoms with van der Waals surface area (Å²) in [5.41, 5.74) is 6.24. The number of hydrogen-bond acceptors (Lipinski definition) is 3. The standard InChI is InChI=1S/C12H17N5O2/c13-12(19)16-3-4-17-9(5-14-10(17)7-16)6-15-11(18)8-1-2-8/h5,8H,1-4,6-7H2,(H2,13,19)(H,15,18). The van der Waals surface area contributed by atoms with Gasteiger partial charge >= 0.3 is 6.03 Å². The van der Waals surface area contributed by atoms with Crippen molar-refractivity contribution >= 4 is 11.9 Å². The van der Waals surface area contributed by atoms with Gasteiger partial charge in [0.15, 0.2) is 0 Å². The van der Waals surface area contributed by atoms with Crippen LogP contribution in [0, 0.1) is 5.92 Å². The highest BCUT2D eigenvalue weighted by Gasteiger charge is 2.29. The van der Waals surface area contributed by atoms with Crippen LogP contribution in [0.1, 0.15) is 24.4 Å². The molecule has 3 N–H and O–H groups in total. The highest BCUT2D eigenvalue weighted by atomic mass is 16.2. The molecule has 1 saturated carbocycles. The second kappa shape index (κ2) is 4.56. The van der Waals surface area contributed by atoms with Gasteiger partial charge in [-0.05, 0) is 12.8 Å². The van der Waals surface area contributed by atoms with Crippen molar-refractivity contribution in [1.29, 1.82) is 0 Å². The summed E-state index contributed by atoms with van der Waals surface area (Å²) in [6.45, 7) is 2.19. The molecule has 0 atom stereocenters. The molecule has 1 aromatic rings. The zero-order valence-corrected chi connectivity index (χ0v) is 10.6. The molecule has 1 fully saturated rings. The van der Waals surface area contributed by atoms with E-state index in [-0.39, 0.29) is 11.8 Å². The third kappa shape index (κ3) is 2.40. The second-order valence-electron chi connectivity index (χ2n) is 5.07. The lowest BCUT2D eigenvalue weighted by Gasteiger charge is -2.27. The van der Waals surface area contributed by atoms with Crippen molar-refractivity contribution in [3.8, 4) is 0 Å². The first-order valence-corrected chi connectivity index (χ1v) is 6.50. The summed E-state index contributed by atoms with van der Waals surface area (Å²) < 4.78 is 2.05. The molecule has 2 heterocycles. The van der Waals surface area contributed by atoms with Crippen LogP contribution < -0.4 is 11.1 Å². The summed E-state index contributed by atoms with van der Waals surface area (Å²) in [6, 6.07) is -0.419. The van der Waals surface area contributed by atoms with Crippen molar-refractivity contribution in [2.75, 3.05) is 6.54 Å². The number of nitrogens with two attached hydrogens (primary N) is 1. The summed E-state index contributed by atoms with van der Waals surface area (Å²) in [5, 5.41) is 2.93. The maximum atomic E-state index is 11.6. The maximum absolute atomic E-state index is 11.6. The normalized spacial score (nSPS) is 18.0. The molecular weight excluding hydrogens is 246 g/mol. The molecule has 7 nitrogen and oxygen atoms in total. The number of carbonyl (C=O) groups is 2. The van der Waals surface area contributed by atoms with Gasteiger partial charge in [0, 0.05) is 19.0 Å². The van der Waals surface area contributed by atoms with Gasteiger partial charge in [-0.1, -0.05) is 0 Å². The lowest BCUT2D eigenvalue weighted by molar-refractivity contribution is -0.122. The number of primary amides is 1. The molecule has 102 valence electrons. The topological polar surface area (TPSA) is 93.3 Å². The van der Waals surface area contributed by atoms with Crippen molar-refractivity contribution in [3.63, 3.8) is 0 Å². The molecule has 0 unspecified atom stereocenters. The molecule has 0 aromatic carbocycles. The van der Waals surface area contributed by atoms with Gasteiger partial charge in [-0.2, -0.15) is 0 Å². The van der Waals surface area contributed by atoms with Gasteiger partial charge in [-0.15, -0.1) is 0 Å². The number of nitrogens with one attached hydrogen (secondary N) is 1. The first-order chi connectivity index (χ1) is 9.15. The number of imidazole rings is 1. The van der Waals surface area contributed by atoms with Crippen molar-refractivity contribution < 1.29 is 9.59 Å². The highest BCUT2D eigenvalue weighted by Crippen LogP contribution is 2.28. The van der Waals surface area contributed by atoms with Crippen LogP contribution in [0.5, 0.6) is 0 Å². The maximum Gasteiger partial charge on any atom is 0.315 e. The molecule has 0 saturated heterocycles. The van der Waals surface area contributed by atoms with Crippen LogP contribution in [0.3, 0.4) is 0 Å². The predicted octanol–water partition coefficient (Wildman–Crippen LogP) is -0.196. The van der Waals surface area contributed by atoms with Crippen LogP contribution in [0.25, 0.3) is 0 Å². The molecule has 1 aliphatic carbocycles. The molecular formula is C12H17N5O2. The fourth-order valence-corrected chi connectivity index (χ4v) is 2.32. The fourth-order valence-electron chi connectivity index (χ4n) is 2.32.